The summed E-state index contributed by atoms with van der Waals surface area (Å²) in [6, 6.07) is 0. The van der Waals surface area contributed by atoms with Crippen LogP contribution in [0.25, 0.3) is 0 Å². The summed E-state index contributed by atoms with van der Waals surface area (Å²) in [5.41, 5.74) is 0. The highest BCUT2D eigenvalue weighted by Gasteiger charge is 2.07. The first-order valence-electron chi connectivity index (χ1n) is 2.15. The molecule has 0 aromatic rings. The molecule has 0 aromatic carbocycles. The van der Waals surface area contributed by atoms with Gasteiger partial charge in [-0.2, -0.15) is 0 Å². The van der Waals surface area contributed by atoms with Gasteiger partial charge in [0.15, 0.2) is 0 Å². The van der Waals surface area contributed by atoms with Gasteiger partial charge >= 0.3 is 9.53 Å². The van der Waals surface area contributed by atoms with Gasteiger partial charge in [0, 0.05) is 7.11 Å². The van der Waals surface area contributed by atoms with Crippen molar-refractivity contribution in [2.45, 2.75) is 0 Å². The topological polar surface area (TPSA) is 38.7 Å². The Hall–Kier alpha value is -0.163. The van der Waals surface area contributed by atoms with Gasteiger partial charge in [0.25, 0.3) is 0 Å². The summed E-state index contributed by atoms with van der Waals surface area (Å²) in [7, 11) is -0.563. The molecule has 4 heteroatoms. The lowest BCUT2D eigenvalue weighted by Crippen LogP contribution is -2.20. The number of hydrogen-bond donors (Lipinski definition) is 1. The van der Waals surface area contributed by atoms with Crippen LogP contribution in [0.2, 0.25) is 0 Å². The minimum atomic E-state index is -1.96. The molecule has 0 aliphatic heterocycles. The molecule has 0 aliphatic rings. The zero-order valence-corrected chi connectivity index (χ0v) is 5.76. The van der Waals surface area contributed by atoms with Crippen molar-refractivity contribution >= 4 is 9.53 Å². The maximum atomic E-state index is 8.60. The molecule has 47 valence electrons. The normalized spacial score (nSPS) is 9.88. The highest BCUT2D eigenvalue weighted by atomic mass is 28.3. The van der Waals surface area contributed by atoms with E-state index in [1.165, 1.54) is 7.11 Å². The molecule has 8 heavy (non-hydrogen) atoms. The first kappa shape index (κ1) is 7.84. The van der Waals surface area contributed by atoms with Gasteiger partial charge < -0.3 is 13.6 Å². The Morgan fingerprint density at radius 1 is 1.88 bits per heavy atom. The predicted octanol–water partition coefficient (Wildman–Crippen LogP) is -0.187. The third kappa shape index (κ3) is 4.01. The molecule has 0 aliphatic carbocycles. The van der Waals surface area contributed by atoms with Gasteiger partial charge in [-0.05, 0) is 0 Å². The lowest BCUT2D eigenvalue weighted by Gasteiger charge is -2.00. The molecule has 0 spiro atoms. The van der Waals surface area contributed by atoms with E-state index in [4.69, 9.17) is 4.80 Å². The Morgan fingerprint density at radius 2 is 2.50 bits per heavy atom. The van der Waals surface area contributed by atoms with Gasteiger partial charge in [-0.1, -0.05) is 6.08 Å². The summed E-state index contributed by atoms with van der Waals surface area (Å²) in [6.07, 6.45) is 1.56. The first-order valence-corrected chi connectivity index (χ1v) is 3.41. The van der Waals surface area contributed by atoms with Crippen molar-refractivity contribution in [1.29, 1.82) is 0 Å². The Bertz CT molecular complexity index is 66.3. The summed E-state index contributed by atoms with van der Waals surface area (Å²) < 4.78 is 9.10. The number of hydrogen-bond acceptors (Lipinski definition) is 3. The molecule has 0 fully saturated rings. The Balaban J connectivity index is 2.97. The molecular weight excluding hydrogens is 124 g/mol. The largest absolute Gasteiger partial charge is 0.574 e. The van der Waals surface area contributed by atoms with Gasteiger partial charge in [0.1, 0.15) is 0 Å². The molecule has 0 heterocycles. The molecule has 0 saturated heterocycles. The van der Waals surface area contributed by atoms with Crippen LogP contribution in [-0.2, 0) is 8.85 Å². The number of rotatable bonds is 4. The smallest absolute Gasteiger partial charge is 0.387 e. The maximum absolute atomic E-state index is 8.60. The second-order valence-corrected chi connectivity index (χ2v) is 2.30. The molecule has 0 unspecified atom stereocenters. The minimum absolute atomic E-state index is 0.346. The lowest BCUT2D eigenvalue weighted by atomic mass is 10.7. The fraction of sp³-hybridized carbons (Fsp3) is 0.500. The third-order valence-electron chi connectivity index (χ3n) is 0.499. The van der Waals surface area contributed by atoms with E-state index in [2.05, 4.69) is 15.4 Å². The maximum Gasteiger partial charge on any atom is 0.574 e. The van der Waals surface area contributed by atoms with Crippen LogP contribution in [0.1, 0.15) is 0 Å². The van der Waals surface area contributed by atoms with Crippen molar-refractivity contribution in [3.63, 3.8) is 0 Å². The van der Waals surface area contributed by atoms with E-state index in [0.29, 0.717) is 6.61 Å². The fourth-order valence-electron chi connectivity index (χ4n) is 0.189. The SMILES string of the molecule is C=CCO[Si](O)OC. The summed E-state index contributed by atoms with van der Waals surface area (Å²) in [6.45, 7) is 3.74. The monoisotopic (exact) mass is 133 g/mol. The van der Waals surface area contributed by atoms with E-state index in [1.807, 2.05) is 0 Å². The van der Waals surface area contributed by atoms with Crippen LogP contribution in [0.4, 0.5) is 0 Å². The van der Waals surface area contributed by atoms with Crippen molar-refractivity contribution in [1.82, 2.24) is 0 Å². The van der Waals surface area contributed by atoms with Gasteiger partial charge in [-0.3, -0.25) is 0 Å². The molecule has 0 saturated carbocycles. The van der Waals surface area contributed by atoms with Crippen LogP contribution in [0.15, 0.2) is 12.7 Å². The molecule has 0 atom stereocenters. The van der Waals surface area contributed by atoms with E-state index in [1.54, 1.807) is 6.08 Å². The summed E-state index contributed by atoms with van der Waals surface area (Å²) in [4.78, 5) is 8.60. The zero-order chi connectivity index (χ0) is 6.41. The summed E-state index contributed by atoms with van der Waals surface area (Å²) in [5.74, 6) is 0. The standard InChI is InChI=1S/C4H9O3Si/c1-3-4-7-8(5)6-2/h3,5H,1,4H2,2H3. The van der Waals surface area contributed by atoms with Crippen molar-refractivity contribution in [2.75, 3.05) is 13.7 Å². The highest BCUT2D eigenvalue weighted by Crippen LogP contribution is 1.79. The quantitative estimate of drug-likeness (QED) is 0.427. The lowest BCUT2D eigenvalue weighted by molar-refractivity contribution is 0.175. The van der Waals surface area contributed by atoms with Crippen LogP contribution in [-0.4, -0.2) is 28.0 Å². The molecule has 0 rings (SSSR count). The van der Waals surface area contributed by atoms with E-state index in [-0.39, 0.29) is 0 Å². The van der Waals surface area contributed by atoms with Crippen molar-refractivity contribution in [3.8, 4) is 0 Å². The van der Waals surface area contributed by atoms with Crippen LogP contribution in [0, 0.1) is 0 Å². The first-order chi connectivity index (χ1) is 3.81. The molecule has 0 bridgehead atoms. The van der Waals surface area contributed by atoms with Gasteiger partial charge in [0.05, 0.1) is 6.61 Å². The van der Waals surface area contributed by atoms with Gasteiger partial charge in [-0.15, -0.1) is 6.58 Å². The van der Waals surface area contributed by atoms with Crippen LogP contribution >= 0.6 is 0 Å². The van der Waals surface area contributed by atoms with E-state index >= 15 is 0 Å². The van der Waals surface area contributed by atoms with E-state index in [0.717, 1.165) is 0 Å². The average Bonchev–Trinajstić information content (AvgIpc) is 1.83. The highest BCUT2D eigenvalue weighted by molar-refractivity contribution is 6.34. The average molecular weight is 133 g/mol. The molecule has 0 amide bonds. The second-order valence-electron chi connectivity index (χ2n) is 1.07. The van der Waals surface area contributed by atoms with Crippen LogP contribution in [0.5, 0.6) is 0 Å². The van der Waals surface area contributed by atoms with Crippen molar-refractivity contribution < 1.29 is 13.6 Å². The van der Waals surface area contributed by atoms with Crippen molar-refractivity contribution in [2.24, 2.45) is 0 Å². The summed E-state index contributed by atoms with van der Waals surface area (Å²) in [5, 5.41) is 0. The van der Waals surface area contributed by atoms with Crippen LogP contribution in [0.3, 0.4) is 0 Å². The fourth-order valence-corrected chi connectivity index (χ4v) is 0.567. The Labute approximate surface area is 50.5 Å². The van der Waals surface area contributed by atoms with Crippen molar-refractivity contribution in [3.05, 3.63) is 12.7 Å². The zero-order valence-electron chi connectivity index (χ0n) is 4.76. The predicted molar refractivity (Wildman–Crippen MR) is 31.1 cm³/mol. The molecule has 1 radical (unpaired) electrons. The minimum Gasteiger partial charge on any atom is -0.387 e. The molecular formula is C4H9O3Si. The molecule has 0 aromatic heterocycles. The third-order valence-corrected chi connectivity index (χ3v) is 1.26. The second kappa shape index (κ2) is 4.98. The molecule has 3 nitrogen and oxygen atoms in total. The Kier molecular flexibility index (Phi) is 4.88. The molecule has 1 N–H and O–H groups in total. The van der Waals surface area contributed by atoms with Gasteiger partial charge in [-0.25, -0.2) is 0 Å². The summed E-state index contributed by atoms with van der Waals surface area (Å²) >= 11 is 0. The van der Waals surface area contributed by atoms with Gasteiger partial charge in [0.2, 0.25) is 0 Å². The van der Waals surface area contributed by atoms with Crippen LogP contribution < -0.4 is 0 Å². The van der Waals surface area contributed by atoms with E-state index < -0.39 is 9.53 Å². The Morgan fingerprint density at radius 3 is 2.88 bits per heavy atom. The van der Waals surface area contributed by atoms with E-state index in [9.17, 15) is 0 Å².